The molecule has 2 N–H and O–H groups in total. The minimum atomic E-state index is 0.149. The summed E-state index contributed by atoms with van der Waals surface area (Å²) in [6.07, 6.45) is 1.10. The van der Waals surface area contributed by atoms with Gasteiger partial charge in [-0.1, -0.05) is 32.6 Å². The van der Waals surface area contributed by atoms with Gasteiger partial charge in [-0.2, -0.15) is 0 Å². The van der Waals surface area contributed by atoms with E-state index in [9.17, 15) is 4.79 Å². The van der Waals surface area contributed by atoms with E-state index in [1.54, 1.807) is 0 Å². The molecular weight excluding hydrogens is 280 g/mol. The lowest BCUT2D eigenvalue weighted by atomic mass is 9.80. The van der Waals surface area contributed by atoms with E-state index in [0.29, 0.717) is 12.5 Å². The second-order valence-corrected chi connectivity index (χ2v) is 7.78. The number of carbonyl (C=O) groups is 1. The summed E-state index contributed by atoms with van der Waals surface area (Å²) in [5.41, 5.74) is 6.73. The molecule has 0 aliphatic carbocycles. The molecule has 0 radical (unpaired) electrons. The number of likely N-dealkylation sites (tertiary alicyclic amines) is 1. The Morgan fingerprint density at radius 3 is 2.81 bits per heavy atom. The molecule has 4 heteroatoms. The molecule has 0 bridgehead atoms. The molecule has 0 aromatic carbocycles. The predicted octanol–water partition coefficient (Wildman–Crippen LogP) is 2.87. The highest BCUT2D eigenvalue weighted by Crippen LogP contribution is 2.34. The van der Waals surface area contributed by atoms with Crippen LogP contribution in [0.25, 0.3) is 0 Å². The molecule has 1 aliphatic rings. The second-order valence-electron chi connectivity index (χ2n) is 6.73. The van der Waals surface area contributed by atoms with Crippen LogP contribution in [-0.2, 0) is 0 Å². The molecular formula is C17H24N2OS. The first-order valence-corrected chi connectivity index (χ1v) is 8.23. The van der Waals surface area contributed by atoms with Gasteiger partial charge in [0.25, 0.3) is 5.91 Å². The summed E-state index contributed by atoms with van der Waals surface area (Å²) in [6.45, 7) is 10.8. The number of nitrogens with two attached hydrogens (primary N) is 1. The molecule has 1 aliphatic heterocycles. The Hall–Kier alpha value is -1.31. The van der Waals surface area contributed by atoms with Gasteiger partial charge in [-0.05, 0) is 36.3 Å². The Balaban J connectivity index is 2.11. The van der Waals surface area contributed by atoms with Crippen molar-refractivity contribution in [1.29, 1.82) is 0 Å². The van der Waals surface area contributed by atoms with E-state index in [1.165, 1.54) is 11.3 Å². The highest BCUT2D eigenvalue weighted by Gasteiger charge is 2.34. The van der Waals surface area contributed by atoms with Crippen molar-refractivity contribution in [2.24, 2.45) is 17.1 Å². The summed E-state index contributed by atoms with van der Waals surface area (Å²) >= 11 is 1.48. The summed E-state index contributed by atoms with van der Waals surface area (Å²) in [5, 5.41) is 0. The van der Waals surface area contributed by atoms with Crippen molar-refractivity contribution >= 4 is 17.2 Å². The van der Waals surface area contributed by atoms with Crippen molar-refractivity contribution in [3.05, 3.63) is 21.4 Å². The van der Waals surface area contributed by atoms with Crippen LogP contribution in [-0.4, -0.2) is 30.4 Å². The van der Waals surface area contributed by atoms with E-state index >= 15 is 0 Å². The molecule has 2 heterocycles. The Bertz CT molecular complexity index is 586. The summed E-state index contributed by atoms with van der Waals surface area (Å²) in [5.74, 6) is 6.63. The van der Waals surface area contributed by atoms with Gasteiger partial charge in [-0.15, -0.1) is 11.3 Å². The lowest BCUT2D eigenvalue weighted by Crippen LogP contribution is -2.30. The quantitative estimate of drug-likeness (QED) is 0.811. The lowest BCUT2D eigenvalue weighted by molar-refractivity contribution is 0.0781. The molecule has 1 aromatic heterocycles. The van der Waals surface area contributed by atoms with Gasteiger partial charge in [-0.3, -0.25) is 4.79 Å². The summed E-state index contributed by atoms with van der Waals surface area (Å²) in [4.78, 5) is 16.4. The first kappa shape index (κ1) is 16.1. The van der Waals surface area contributed by atoms with E-state index in [1.807, 2.05) is 17.9 Å². The second kappa shape index (κ2) is 6.21. The van der Waals surface area contributed by atoms with E-state index in [0.717, 1.165) is 34.8 Å². The van der Waals surface area contributed by atoms with E-state index in [-0.39, 0.29) is 11.3 Å². The van der Waals surface area contributed by atoms with Crippen LogP contribution >= 0.6 is 11.3 Å². The minimum Gasteiger partial charge on any atom is -0.338 e. The molecule has 0 saturated carbocycles. The first-order chi connectivity index (χ1) is 9.82. The van der Waals surface area contributed by atoms with Gasteiger partial charge in [0.1, 0.15) is 0 Å². The maximum atomic E-state index is 12.6. The van der Waals surface area contributed by atoms with Crippen LogP contribution in [0.5, 0.6) is 0 Å². The fraction of sp³-hybridized carbons (Fsp3) is 0.588. The van der Waals surface area contributed by atoms with Crippen molar-refractivity contribution < 1.29 is 4.79 Å². The topological polar surface area (TPSA) is 46.3 Å². The number of nitrogens with zero attached hydrogens (tertiary/aromatic N) is 1. The zero-order chi connectivity index (χ0) is 15.6. The third kappa shape index (κ3) is 3.66. The maximum absolute atomic E-state index is 12.6. The molecule has 1 amide bonds. The van der Waals surface area contributed by atoms with Gasteiger partial charge in [0, 0.05) is 13.1 Å². The smallest absolute Gasteiger partial charge is 0.263 e. The van der Waals surface area contributed by atoms with Gasteiger partial charge in [0.15, 0.2) is 0 Å². The van der Waals surface area contributed by atoms with Crippen LogP contribution in [0.15, 0.2) is 6.07 Å². The van der Waals surface area contributed by atoms with Gasteiger partial charge >= 0.3 is 0 Å². The predicted molar refractivity (Wildman–Crippen MR) is 88.5 cm³/mol. The van der Waals surface area contributed by atoms with E-state index in [2.05, 4.69) is 32.6 Å². The molecule has 1 fully saturated rings. The average molecular weight is 304 g/mol. The maximum Gasteiger partial charge on any atom is 0.263 e. The highest BCUT2D eigenvalue weighted by atomic mass is 32.1. The number of hydrogen-bond acceptors (Lipinski definition) is 3. The zero-order valence-corrected chi connectivity index (χ0v) is 14.1. The largest absolute Gasteiger partial charge is 0.338 e. The Kier molecular flexibility index (Phi) is 4.75. The third-order valence-electron chi connectivity index (χ3n) is 4.13. The van der Waals surface area contributed by atoms with Crippen LogP contribution in [0.3, 0.4) is 0 Å². The van der Waals surface area contributed by atoms with Gasteiger partial charge in [-0.25, -0.2) is 0 Å². The number of amides is 1. The van der Waals surface area contributed by atoms with E-state index < -0.39 is 0 Å². The molecule has 114 valence electrons. The average Bonchev–Trinajstić information content (AvgIpc) is 3.02. The van der Waals surface area contributed by atoms with Crippen molar-refractivity contribution in [3.8, 4) is 11.8 Å². The molecule has 1 unspecified atom stereocenters. The monoisotopic (exact) mass is 304 g/mol. The number of carbonyl (C=O) groups excluding carboxylic acids is 1. The highest BCUT2D eigenvalue weighted by molar-refractivity contribution is 7.14. The molecule has 21 heavy (non-hydrogen) atoms. The molecule has 1 saturated heterocycles. The Labute approximate surface area is 131 Å². The van der Waals surface area contributed by atoms with Gasteiger partial charge < -0.3 is 10.6 Å². The van der Waals surface area contributed by atoms with Crippen molar-refractivity contribution in [2.75, 3.05) is 19.6 Å². The SMILES string of the molecule is Cc1cc(C(=O)N2CCC(C(C)(C)C)C2)sc1C#CCN. The fourth-order valence-corrected chi connectivity index (χ4v) is 3.67. The van der Waals surface area contributed by atoms with Crippen LogP contribution in [0.2, 0.25) is 0 Å². The molecule has 2 rings (SSSR count). The van der Waals surface area contributed by atoms with Crippen LogP contribution in [0.4, 0.5) is 0 Å². The number of rotatable bonds is 1. The van der Waals surface area contributed by atoms with E-state index in [4.69, 9.17) is 5.73 Å². The van der Waals surface area contributed by atoms with Crippen LogP contribution in [0, 0.1) is 30.1 Å². The summed E-state index contributed by atoms with van der Waals surface area (Å²) < 4.78 is 0. The number of thiophene rings is 1. The van der Waals surface area contributed by atoms with Crippen molar-refractivity contribution in [1.82, 2.24) is 4.90 Å². The summed E-state index contributed by atoms with van der Waals surface area (Å²) in [6, 6.07) is 1.96. The summed E-state index contributed by atoms with van der Waals surface area (Å²) in [7, 11) is 0. The van der Waals surface area contributed by atoms with Gasteiger partial charge in [0.2, 0.25) is 0 Å². The number of aryl methyl sites for hydroxylation is 1. The van der Waals surface area contributed by atoms with Crippen LogP contribution in [0.1, 0.15) is 47.3 Å². The Morgan fingerprint density at radius 1 is 1.52 bits per heavy atom. The molecule has 3 nitrogen and oxygen atoms in total. The lowest BCUT2D eigenvalue weighted by Gasteiger charge is -2.26. The molecule has 1 aromatic rings. The van der Waals surface area contributed by atoms with Crippen molar-refractivity contribution in [3.63, 3.8) is 0 Å². The van der Waals surface area contributed by atoms with Gasteiger partial charge in [0.05, 0.1) is 16.3 Å². The zero-order valence-electron chi connectivity index (χ0n) is 13.3. The molecule has 0 spiro atoms. The van der Waals surface area contributed by atoms with Crippen LogP contribution < -0.4 is 5.73 Å². The van der Waals surface area contributed by atoms with Crippen molar-refractivity contribution in [2.45, 2.75) is 34.1 Å². The minimum absolute atomic E-state index is 0.149. The Morgan fingerprint density at radius 2 is 2.24 bits per heavy atom. The fourth-order valence-electron chi connectivity index (χ4n) is 2.65. The first-order valence-electron chi connectivity index (χ1n) is 7.41. The normalized spacial score (nSPS) is 18.5. The molecule has 1 atom stereocenters. The third-order valence-corrected chi connectivity index (χ3v) is 5.27. The standard InChI is InChI=1S/C17H24N2OS/c1-12-10-15(21-14(12)6-5-8-18)16(20)19-9-7-13(11-19)17(2,3)4/h10,13H,7-9,11,18H2,1-4H3. The number of hydrogen-bond donors (Lipinski definition) is 1.